The summed E-state index contributed by atoms with van der Waals surface area (Å²) in [6.45, 7) is 5.23. The van der Waals surface area contributed by atoms with E-state index in [1.165, 1.54) is 0 Å². The van der Waals surface area contributed by atoms with Crippen molar-refractivity contribution in [3.63, 3.8) is 0 Å². The van der Waals surface area contributed by atoms with Crippen LogP contribution in [0.5, 0.6) is 11.5 Å². The van der Waals surface area contributed by atoms with Crippen LogP contribution in [0.15, 0.2) is 54.6 Å². The predicted molar refractivity (Wildman–Crippen MR) is 158 cm³/mol. The zero-order chi connectivity index (χ0) is 28.5. The van der Waals surface area contributed by atoms with E-state index in [4.69, 9.17) is 14.6 Å². The maximum atomic E-state index is 11.1. The van der Waals surface area contributed by atoms with Gasteiger partial charge < -0.3 is 25.0 Å². The van der Waals surface area contributed by atoms with Crippen molar-refractivity contribution in [1.29, 1.82) is 0 Å². The van der Waals surface area contributed by atoms with Gasteiger partial charge in [0.15, 0.2) is 0 Å². The number of benzene rings is 3. The summed E-state index contributed by atoms with van der Waals surface area (Å²) in [5, 5.41) is 23.4. The van der Waals surface area contributed by atoms with Crippen LogP contribution in [0, 0.1) is 13.8 Å². The Hall–Kier alpha value is -3.24. The maximum Gasteiger partial charge on any atom is 0.304 e. The van der Waals surface area contributed by atoms with Crippen LogP contribution >= 0.6 is 10.6 Å². The Morgan fingerprint density at radius 2 is 1.80 bits per heavy atom. The molecule has 2 aliphatic heterocycles. The number of carboxylic acids is 1. The van der Waals surface area contributed by atoms with Crippen LogP contribution < -0.4 is 14.8 Å². The Bertz CT molecular complexity index is 1370. The quantitative estimate of drug-likeness (QED) is 0.207. The number of carbonyl (C=O) groups is 1. The molecular formula is C31H37NO7S. The molecule has 5 N–H and O–H groups in total. The number of hydrogen-bond acceptors (Lipinski definition) is 7. The highest BCUT2D eigenvalue weighted by molar-refractivity contribution is 8.24. The minimum absolute atomic E-state index is 0.0668. The number of aliphatic carboxylic acids is 1. The van der Waals surface area contributed by atoms with E-state index < -0.39 is 22.2 Å². The highest BCUT2D eigenvalue weighted by Crippen LogP contribution is 2.47. The molecule has 0 radical (unpaired) electrons. The first kappa shape index (κ1) is 28.3. The van der Waals surface area contributed by atoms with Gasteiger partial charge in [-0.3, -0.25) is 13.9 Å². The Morgan fingerprint density at radius 3 is 2.50 bits per heavy atom. The smallest absolute Gasteiger partial charge is 0.304 e. The van der Waals surface area contributed by atoms with E-state index in [0.29, 0.717) is 31.7 Å². The van der Waals surface area contributed by atoms with Crippen molar-refractivity contribution in [2.45, 2.75) is 51.2 Å². The topological polar surface area (TPSA) is 128 Å². The second-order valence-corrected chi connectivity index (χ2v) is 13.5. The molecule has 1 unspecified atom stereocenters. The van der Waals surface area contributed by atoms with Gasteiger partial charge in [0.1, 0.15) is 23.7 Å². The van der Waals surface area contributed by atoms with Crippen molar-refractivity contribution in [3.05, 3.63) is 76.9 Å². The molecule has 3 aromatic rings. The Morgan fingerprint density at radius 1 is 1.07 bits per heavy atom. The minimum atomic E-state index is -2.56. The van der Waals surface area contributed by atoms with Crippen LogP contribution in [0.4, 0.5) is 5.69 Å². The van der Waals surface area contributed by atoms with Crippen molar-refractivity contribution >= 4 is 22.2 Å². The van der Waals surface area contributed by atoms with Crippen LogP contribution in [-0.2, 0) is 11.3 Å². The lowest BCUT2D eigenvalue weighted by molar-refractivity contribution is -0.137. The van der Waals surface area contributed by atoms with E-state index in [1.807, 2.05) is 50.2 Å². The zero-order valence-corrected chi connectivity index (χ0v) is 23.7. The average molecular weight is 568 g/mol. The second kappa shape index (κ2) is 11.3. The number of aryl methyl sites for hydroxylation is 2. The van der Waals surface area contributed by atoms with Crippen LogP contribution in [-0.4, -0.2) is 55.6 Å². The molecule has 1 fully saturated rings. The van der Waals surface area contributed by atoms with Gasteiger partial charge in [-0.25, -0.2) is 0 Å². The van der Waals surface area contributed by atoms with Crippen molar-refractivity contribution in [2.24, 2.45) is 0 Å². The van der Waals surface area contributed by atoms with Crippen molar-refractivity contribution in [3.8, 4) is 22.6 Å². The third kappa shape index (κ3) is 6.55. The predicted octanol–water partition coefficient (Wildman–Crippen LogP) is 6.19. The molecule has 2 aliphatic rings. The number of fused-ring (bicyclic) bond motifs is 1. The largest absolute Gasteiger partial charge is 0.493 e. The summed E-state index contributed by atoms with van der Waals surface area (Å²) >= 11 is 0. The fourth-order valence-corrected chi connectivity index (χ4v) is 7.18. The summed E-state index contributed by atoms with van der Waals surface area (Å²) in [6.07, 6.45) is 0.698. The monoisotopic (exact) mass is 567 g/mol. The van der Waals surface area contributed by atoms with Crippen molar-refractivity contribution < 1.29 is 33.6 Å². The molecule has 9 heteroatoms. The Kier molecular flexibility index (Phi) is 8.01. The van der Waals surface area contributed by atoms with Crippen LogP contribution in [0.25, 0.3) is 11.1 Å². The number of rotatable bonds is 9. The highest BCUT2D eigenvalue weighted by atomic mass is 32.3. The SMILES string of the molecule is Cc1cc(OCC2(O)CCS(O)(O)CC2)cc(C)c1-c1cccc(CNc2ccc3c(c2)OCC3CC(=O)O)c1. The number of ether oxygens (including phenoxy) is 2. The molecule has 0 aromatic heterocycles. The maximum absolute atomic E-state index is 11.1. The molecule has 0 bridgehead atoms. The fourth-order valence-electron chi connectivity index (χ4n) is 5.57. The molecule has 0 spiro atoms. The number of anilines is 1. The normalized spacial score (nSPS) is 19.8. The summed E-state index contributed by atoms with van der Waals surface area (Å²) in [5.41, 5.74) is 6.30. The summed E-state index contributed by atoms with van der Waals surface area (Å²) in [6, 6.07) is 18.2. The molecule has 8 nitrogen and oxygen atoms in total. The molecule has 214 valence electrons. The van der Waals surface area contributed by atoms with Gasteiger partial charge in [0.25, 0.3) is 0 Å². The van der Waals surface area contributed by atoms with Gasteiger partial charge in [0, 0.05) is 41.3 Å². The molecular weight excluding hydrogens is 530 g/mol. The van der Waals surface area contributed by atoms with E-state index in [1.54, 1.807) is 0 Å². The van der Waals surface area contributed by atoms with Crippen molar-refractivity contribution in [1.82, 2.24) is 0 Å². The van der Waals surface area contributed by atoms with Crippen LogP contribution in [0.2, 0.25) is 0 Å². The van der Waals surface area contributed by atoms with Crippen molar-refractivity contribution in [2.75, 3.05) is 30.0 Å². The fraction of sp³-hybridized carbons (Fsp3) is 0.387. The lowest BCUT2D eigenvalue weighted by Gasteiger charge is -2.43. The first-order chi connectivity index (χ1) is 19.0. The van der Waals surface area contributed by atoms with E-state index in [9.17, 15) is 19.0 Å². The molecule has 2 heterocycles. The second-order valence-electron chi connectivity index (χ2n) is 11.1. The first-order valence-electron chi connectivity index (χ1n) is 13.5. The average Bonchev–Trinajstić information content (AvgIpc) is 3.29. The summed E-state index contributed by atoms with van der Waals surface area (Å²) in [5.74, 6) is 0.919. The van der Waals surface area contributed by atoms with E-state index in [2.05, 4.69) is 23.5 Å². The van der Waals surface area contributed by atoms with Gasteiger partial charge in [-0.15, -0.1) is 0 Å². The van der Waals surface area contributed by atoms with E-state index >= 15 is 0 Å². The number of nitrogens with one attached hydrogen (secondary N) is 1. The third-order valence-corrected chi connectivity index (χ3v) is 9.54. The molecule has 0 saturated carbocycles. The van der Waals surface area contributed by atoms with Gasteiger partial charge in [0.05, 0.1) is 13.0 Å². The lowest BCUT2D eigenvalue weighted by atomic mass is 9.94. The lowest BCUT2D eigenvalue weighted by Crippen LogP contribution is -2.42. The van der Waals surface area contributed by atoms with Crippen LogP contribution in [0.3, 0.4) is 0 Å². The highest BCUT2D eigenvalue weighted by Gasteiger charge is 2.36. The summed E-state index contributed by atoms with van der Waals surface area (Å²) in [4.78, 5) is 11.1. The molecule has 40 heavy (non-hydrogen) atoms. The van der Waals surface area contributed by atoms with E-state index in [0.717, 1.165) is 44.8 Å². The summed E-state index contributed by atoms with van der Waals surface area (Å²) in [7, 11) is -2.56. The number of aliphatic hydroxyl groups is 1. The van der Waals surface area contributed by atoms with E-state index in [-0.39, 0.29) is 30.5 Å². The third-order valence-electron chi connectivity index (χ3n) is 7.83. The first-order valence-corrected chi connectivity index (χ1v) is 15.4. The minimum Gasteiger partial charge on any atom is -0.493 e. The standard InChI is InChI=1S/C31H37NO7S/c1-20-12-26(39-19-31(35)8-10-40(36,37)11-9-31)13-21(2)30(20)23-5-3-4-22(14-23)17-32-25-6-7-27-24(15-29(33)34)18-38-28(27)16-25/h3-7,12-14,16,24,32,35-37H,8-11,15,17-19H2,1-2H3,(H,33,34). The van der Waals surface area contributed by atoms with Gasteiger partial charge in [-0.2, -0.15) is 10.6 Å². The number of carboxylic acid groups (broad SMARTS) is 1. The Balaban J connectivity index is 1.24. The molecule has 0 amide bonds. The van der Waals surface area contributed by atoms with Crippen LogP contribution in [0.1, 0.15) is 47.4 Å². The van der Waals surface area contributed by atoms with Gasteiger partial charge in [0.2, 0.25) is 0 Å². The molecule has 3 aromatic carbocycles. The molecule has 1 atom stereocenters. The Labute approximate surface area is 236 Å². The molecule has 1 saturated heterocycles. The molecule has 0 aliphatic carbocycles. The van der Waals surface area contributed by atoms with Gasteiger partial charge >= 0.3 is 5.97 Å². The number of hydrogen-bond donors (Lipinski definition) is 5. The zero-order valence-electron chi connectivity index (χ0n) is 22.9. The molecule has 5 rings (SSSR count). The summed E-state index contributed by atoms with van der Waals surface area (Å²) < 4.78 is 31.4. The van der Waals surface area contributed by atoms with Gasteiger partial charge in [-0.05, 0) is 78.8 Å². The van der Waals surface area contributed by atoms with Gasteiger partial charge in [-0.1, -0.05) is 24.3 Å².